The smallest absolute Gasteiger partial charge is 0.413 e. The molecule has 2 N–H and O–H groups in total. The van der Waals surface area contributed by atoms with Crippen molar-refractivity contribution in [1.29, 1.82) is 0 Å². The standard InChI is InChI=1S/C18H16FN3O4S2/c1-3-26-18(25)20-12(23)8-27-17-21-15(24)14-13(9(2)28-16(14)22-17)10-4-6-11(19)7-5-10/h4-7H,3,8H2,1-2H3,(H,20,23,25)(H,21,22,24). The Bertz CT molecular complexity index is 1090. The van der Waals surface area contributed by atoms with Gasteiger partial charge in [0.25, 0.3) is 5.56 Å². The van der Waals surface area contributed by atoms with Crippen molar-refractivity contribution < 1.29 is 18.7 Å². The van der Waals surface area contributed by atoms with E-state index in [1.54, 1.807) is 19.1 Å². The summed E-state index contributed by atoms with van der Waals surface area (Å²) in [5.41, 5.74) is 1.10. The molecule has 0 aliphatic heterocycles. The van der Waals surface area contributed by atoms with E-state index in [1.807, 2.05) is 6.92 Å². The van der Waals surface area contributed by atoms with Gasteiger partial charge in [-0.05, 0) is 31.5 Å². The average Bonchev–Trinajstić information content (AvgIpc) is 2.97. The molecule has 0 atom stereocenters. The maximum Gasteiger partial charge on any atom is 0.413 e. The number of aromatic nitrogens is 2. The predicted octanol–water partition coefficient (Wildman–Crippen LogP) is 3.46. The molecule has 2 aromatic heterocycles. The first-order valence-electron chi connectivity index (χ1n) is 8.27. The number of H-pyrrole nitrogens is 1. The summed E-state index contributed by atoms with van der Waals surface area (Å²) in [5.74, 6) is -1.02. The van der Waals surface area contributed by atoms with E-state index in [1.165, 1.54) is 23.5 Å². The molecular weight excluding hydrogens is 405 g/mol. The number of aryl methyl sites for hydroxylation is 1. The molecule has 3 rings (SSSR count). The van der Waals surface area contributed by atoms with Crippen LogP contribution in [0.1, 0.15) is 11.8 Å². The Hall–Kier alpha value is -2.72. The van der Waals surface area contributed by atoms with Crippen molar-refractivity contribution in [3.8, 4) is 11.1 Å². The van der Waals surface area contributed by atoms with Crippen LogP contribution in [0.4, 0.5) is 9.18 Å². The predicted molar refractivity (Wildman–Crippen MR) is 106 cm³/mol. The fraction of sp³-hybridized carbons (Fsp3) is 0.222. The summed E-state index contributed by atoms with van der Waals surface area (Å²) in [4.78, 5) is 44.1. The number of alkyl carbamates (subject to hydrolysis) is 1. The van der Waals surface area contributed by atoms with Crippen molar-refractivity contribution in [3.63, 3.8) is 0 Å². The molecular formula is C18H16FN3O4S2. The van der Waals surface area contributed by atoms with Crippen molar-refractivity contribution in [2.24, 2.45) is 0 Å². The normalized spacial score (nSPS) is 10.8. The molecule has 0 unspecified atom stereocenters. The van der Waals surface area contributed by atoms with Crippen LogP contribution in [0.25, 0.3) is 21.3 Å². The number of benzene rings is 1. The van der Waals surface area contributed by atoms with Gasteiger partial charge in [-0.2, -0.15) is 0 Å². The molecule has 2 heterocycles. The number of thioether (sulfide) groups is 1. The Balaban J connectivity index is 1.84. The summed E-state index contributed by atoms with van der Waals surface area (Å²) in [7, 11) is 0. The number of thiophene rings is 1. The highest BCUT2D eigenvalue weighted by Crippen LogP contribution is 2.36. The van der Waals surface area contributed by atoms with Gasteiger partial charge in [0.2, 0.25) is 5.91 Å². The van der Waals surface area contributed by atoms with Gasteiger partial charge in [-0.3, -0.25) is 14.9 Å². The highest BCUT2D eigenvalue weighted by atomic mass is 32.2. The zero-order valence-electron chi connectivity index (χ0n) is 15.0. The molecule has 7 nitrogen and oxygen atoms in total. The molecule has 0 aliphatic rings. The second kappa shape index (κ2) is 8.53. The van der Waals surface area contributed by atoms with Gasteiger partial charge in [0, 0.05) is 10.4 Å². The van der Waals surface area contributed by atoms with Crippen LogP contribution < -0.4 is 10.9 Å². The molecule has 0 spiro atoms. The van der Waals surface area contributed by atoms with Crippen molar-refractivity contribution in [1.82, 2.24) is 15.3 Å². The van der Waals surface area contributed by atoms with E-state index in [0.717, 1.165) is 22.2 Å². The van der Waals surface area contributed by atoms with Gasteiger partial charge >= 0.3 is 6.09 Å². The lowest BCUT2D eigenvalue weighted by molar-refractivity contribution is -0.117. The zero-order chi connectivity index (χ0) is 20.3. The number of ether oxygens (including phenoxy) is 1. The maximum absolute atomic E-state index is 13.2. The van der Waals surface area contributed by atoms with Gasteiger partial charge in [0.15, 0.2) is 5.16 Å². The quantitative estimate of drug-likeness (QED) is 0.483. The number of halogens is 1. The second-order valence-electron chi connectivity index (χ2n) is 5.65. The van der Waals surface area contributed by atoms with E-state index in [9.17, 15) is 18.8 Å². The zero-order valence-corrected chi connectivity index (χ0v) is 16.6. The molecule has 0 saturated heterocycles. The molecule has 28 heavy (non-hydrogen) atoms. The van der Waals surface area contributed by atoms with Crippen molar-refractivity contribution in [2.75, 3.05) is 12.4 Å². The minimum atomic E-state index is -0.817. The summed E-state index contributed by atoms with van der Waals surface area (Å²) in [6, 6.07) is 5.91. The van der Waals surface area contributed by atoms with E-state index < -0.39 is 12.0 Å². The largest absolute Gasteiger partial charge is 0.450 e. The number of nitrogens with zero attached hydrogens (tertiary/aromatic N) is 1. The third-order valence-electron chi connectivity index (χ3n) is 3.71. The summed E-state index contributed by atoms with van der Waals surface area (Å²) >= 11 is 2.35. The Kier molecular flexibility index (Phi) is 6.10. The highest BCUT2D eigenvalue weighted by Gasteiger charge is 2.17. The van der Waals surface area contributed by atoms with Crippen LogP contribution in [0.2, 0.25) is 0 Å². The van der Waals surface area contributed by atoms with E-state index in [-0.39, 0.29) is 28.9 Å². The number of imide groups is 1. The monoisotopic (exact) mass is 421 g/mol. The number of hydrogen-bond acceptors (Lipinski definition) is 7. The van der Waals surface area contributed by atoms with Gasteiger partial charge in [0.1, 0.15) is 10.6 Å². The topological polar surface area (TPSA) is 101 Å². The van der Waals surface area contributed by atoms with E-state index in [4.69, 9.17) is 0 Å². The Morgan fingerprint density at radius 1 is 1.32 bits per heavy atom. The lowest BCUT2D eigenvalue weighted by Crippen LogP contribution is -2.32. The molecule has 0 bridgehead atoms. The molecule has 0 saturated carbocycles. The van der Waals surface area contributed by atoms with Gasteiger partial charge in [-0.15, -0.1) is 11.3 Å². The molecule has 2 amide bonds. The number of hydrogen-bond donors (Lipinski definition) is 2. The summed E-state index contributed by atoms with van der Waals surface area (Å²) in [6.07, 6.45) is -0.817. The van der Waals surface area contributed by atoms with Crippen LogP contribution in [0.3, 0.4) is 0 Å². The van der Waals surface area contributed by atoms with Gasteiger partial charge < -0.3 is 9.72 Å². The van der Waals surface area contributed by atoms with Crippen LogP contribution >= 0.6 is 23.1 Å². The fourth-order valence-corrected chi connectivity index (χ4v) is 4.35. The minimum Gasteiger partial charge on any atom is -0.450 e. The van der Waals surface area contributed by atoms with Crippen molar-refractivity contribution >= 4 is 45.3 Å². The average molecular weight is 421 g/mol. The summed E-state index contributed by atoms with van der Waals surface area (Å²) in [6.45, 7) is 3.65. The first-order chi connectivity index (χ1) is 13.4. The number of carbonyl (C=O) groups excluding carboxylic acids is 2. The number of amides is 2. The number of nitrogens with one attached hydrogen (secondary N) is 2. The first kappa shape index (κ1) is 20.0. The minimum absolute atomic E-state index is 0.109. The first-order valence-corrected chi connectivity index (χ1v) is 10.1. The second-order valence-corrected chi connectivity index (χ2v) is 7.82. The van der Waals surface area contributed by atoms with E-state index >= 15 is 0 Å². The molecule has 10 heteroatoms. The Morgan fingerprint density at radius 2 is 2.04 bits per heavy atom. The molecule has 3 aromatic rings. The lowest BCUT2D eigenvalue weighted by atomic mass is 10.0. The number of carbonyl (C=O) groups is 2. The van der Waals surface area contributed by atoms with Crippen LogP contribution in [0.5, 0.6) is 0 Å². The Morgan fingerprint density at radius 3 is 2.71 bits per heavy atom. The summed E-state index contributed by atoms with van der Waals surface area (Å²) < 4.78 is 17.8. The van der Waals surface area contributed by atoms with Gasteiger partial charge in [-0.25, -0.2) is 14.2 Å². The molecule has 146 valence electrons. The Labute approximate surface area is 167 Å². The van der Waals surface area contributed by atoms with E-state index in [2.05, 4.69) is 20.0 Å². The van der Waals surface area contributed by atoms with E-state index in [0.29, 0.717) is 15.8 Å². The highest BCUT2D eigenvalue weighted by molar-refractivity contribution is 7.99. The van der Waals surface area contributed by atoms with Gasteiger partial charge in [-0.1, -0.05) is 23.9 Å². The summed E-state index contributed by atoms with van der Waals surface area (Å²) in [5, 5.41) is 2.77. The van der Waals surface area contributed by atoms with Crippen LogP contribution in [-0.2, 0) is 9.53 Å². The third-order valence-corrected chi connectivity index (χ3v) is 5.58. The third kappa shape index (κ3) is 4.39. The van der Waals surface area contributed by atoms with Crippen LogP contribution in [0.15, 0.2) is 34.2 Å². The molecule has 0 aliphatic carbocycles. The van der Waals surface area contributed by atoms with Gasteiger partial charge in [0.05, 0.1) is 17.7 Å². The number of aromatic amines is 1. The van der Waals surface area contributed by atoms with Crippen LogP contribution in [0, 0.1) is 12.7 Å². The molecule has 0 radical (unpaired) electrons. The van der Waals surface area contributed by atoms with Crippen LogP contribution in [-0.4, -0.2) is 34.3 Å². The lowest BCUT2D eigenvalue weighted by Gasteiger charge is -2.04. The number of fused-ring (bicyclic) bond motifs is 1. The van der Waals surface area contributed by atoms with Crippen molar-refractivity contribution in [3.05, 3.63) is 45.3 Å². The fourth-order valence-electron chi connectivity index (χ4n) is 2.58. The molecule has 1 aromatic carbocycles. The van der Waals surface area contributed by atoms with Crippen molar-refractivity contribution in [2.45, 2.75) is 19.0 Å². The molecule has 0 fully saturated rings. The number of rotatable bonds is 5. The maximum atomic E-state index is 13.2. The SMILES string of the molecule is CCOC(=O)NC(=O)CSc1nc2sc(C)c(-c3ccc(F)cc3)c2c(=O)[nH]1.